The van der Waals surface area contributed by atoms with E-state index in [-0.39, 0.29) is 17.7 Å². The fourth-order valence-corrected chi connectivity index (χ4v) is 4.38. The van der Waals surface area contributed by atoms with Gasteiger partial charge in [-0.25, -0.2) is 0 Å². The van der Waals surface area contributed by atoms with Gasteiger partial charge in [-0.05, 0) is 18.2 Å². The number of aryl methyl sites for hydroxylation is 1. The van der Waals surface area contributed by atoms with Gasteiger partial charge in [-0.2, -0.15) is 31.4 Å². The van der Waals surface area contributed by atoms with Crippen molar-refractivity contribution in [3.63, 3.8) is 0 Å². The quantitative estimate of drug-likeness (QED) is 0.705. The summed E-state index contributed by atoms with van der Waals surface area (Å²) < 4.78 is 85.8. The van der Waals surface area contributed by atoms with Crippen molar-refractivity contribution < 1.29 is 41.0 Å². The number of ether oxygens (including phenoxy) is 1. The minimum absolute atomic E-state index is 0.0312. The smallest absolute Gasteiger partial charge is 0.390 e. The van der Waals surface area contributed by atoms with E-state index in [2.05, 4.69) is 10.4 Å². The number of aromatic nitrogens is 2. The first-order valence-corrected chi connectivity index (χ1v) is 9.28. The molecule has 1 aromatic heterocycles. The molecule has 3 heterocycles. The molecule has 12 heteroatoms. The van der Waals surface area contributed by atoms with Crippen molar-refractivity contribution >= 4 is 11.6 Å². The Labute approximate surface area is 171 Å². The highest BCUT2D eigenvalue weighted by Crippen LogP contribution is 2.51. The zero-order valence-corrected chi connectivity index (χ0v) is 15.9. The molecule has 0 unspecified atom stereocenters. The predicted molar refractivity (Wildman–Crippen MR) is 93.8 cm³/mol. The van der Waals surface area contributed by atoms with E-state index < -0.39 is 59.7 Å². The third kappa shape index (κ3) is 3.89. The number of aliphatic hydroxyl groups excluding tert-OH is 1. The van der Waals surface area contributed by atoms with Gasteiger partial charge in [0, 0.05) is 36.8 Å². The Morgan fingerprint density at radius 1 is 1.23 bits per heavy atom. The zero-order chi connectivity index (χ0) is 22.7. The molecule has 1 aromatic carbocycles. The molecule has 4 rings (SSSR count). The summed E-state index contributed by atoms with van der Waals surface area (Å²) in [6, 6.07) is 3.93. The Hall–Kier alpha value is -2.60. The van der Waals surface area contributed by atoms with Crippen LogP contribution in [0.15, 0.2) is 30.5 Å². The van der Waals surface area contributed by atoms with Crippen LogP contribution in [0, 0.1) is 5.92 Å². The van der Waals surface area contributed by atoms with Gasteiger partial charge in [-0.3, -0.25) is 9.48 Å². The lowest BCUT2D eigenvalue weighted by molar-refractivity contribution is -0.143. The lowest BCUT2D eigenvalue weighted by Crippen LogP contribution is -2.41. The number of fused-ring (bicyclic) bond motifs is 2. The summed E-state index contributed by atoms with van der Waals surface area (Å²) in [5.41, 5.74) is -2.62. The first kappa shape index (κ1) is 21.6. The van der Waals surface area contributed by atoms with E-state index in [0.29, 0.717) is 0 Å². The highest BCUT2D eigenvalue weighted by molar-refractivity contribution is 5.94. The molecule has 2 bridgehead atoms. The van der Waals surface area contributed by atoms with Gasteiger partial charge in [-0.15, -0.1) is 0 Å². The molecule has 31 heavy (non-hydrogen) atoms. The number of nitrogens with zero attached hydrogens (tertiary/aromatic N) is 2. The van der Waals surface area contributed by atoms with Gasteiger partial charge in [0.1, 0.15) is 0 Å². The van der Waals surface area contributed by atoms with Crippen molar-refractivity contribution in [1.82, 2.24) is 9.78 Å². The molecule has 2 fully saturated rings. The van der Waals surface area contributed by atoms with Crippen molar-refractivity contribution in [2.45, 2.75) is 43.0 Å². The van der Waals surface area contributed by atoms with Gasteiger partial charge < -0.3 is 15.2 Å². The van der Waals surface area contributed by atoms with Crippen LogP contribution in [0.25, 0.3) is 0 Å². The third-order valence-electron chi connectivity index (χ3n) is 5.57. The monoisotopic (exact) mass is 449 g/mol. The number of anilines is 1. The Morgan fingerprint density at radius 2 is 1.94 bits per heavy atom. The average Bonchev–Trinajstić information content (AvgIpc) is 3.32. The van der Waals surface area contributed by atoms with E-state index in [1.54, 1.807) is 0 Å². The number of halogens is 6. The molecule has 2 aromatic rings. The maximum absolute atomic E-state index is 13.5. The molecule has 2 N–H and O–H groups in total. The van der Waals surface area contributed by atoms with E-state index in [4.69, 9.17) is 4.74 Å². The minimum Gasteiger partial charge on any atom is -0.390 e. The molecule has 0 radical (unpaired) electrons. The Balaban J connectivity index is 1.67. The van der Waals surface area contributed by atoms with E-state index >= 15 is 0 Å². The summed E-state index contributed by atoms with van der Waals surface area (Å²) in [4.78, 5) is 13.0. The van der Waals surface area contributed by atoms with Crippen LogP contribution >= 0.6 is 0 Å². The van der Waals surface area contributed by atoms with Crippen LogP contribution in [0.5, 0.6) is 0 Å². The van der Waals surface area contributed by atoms with Crippen LogP contribution in [-0.2, 0) is 28.9 Å². The molecule has 0 spiro atoms. The number of carbonyl (C=O) groups is 1. The lowest BCUT2D eigenvalue weighted by Gasteiger charge is -2.30. The van der Waals surface area contributed by atoms with Crippen molar-refractivity contribution in [2.75, 3.05) is 5.32 Å². The van der Waals surface area contributed by atoms with Crippen molar-refractivity contribution in [2.24, 2.45) is 13.0 Å². The van der Waals surface area contributed by atoms with Crippen molar-refractivity contribution in [3.8, 4) is 0 Å². The number of hydrogen-bond acceptors (Lipinski definition) is 4. The van der Waals surface area contributed by atoms with Gasteiger partial charge in [0.25, 0.3) is 0 Å². The normalized spacial score (nSPS) is 28.2. The summed E-state index contributed by atoms with van der Waals surface area (Å²) in [6.07, 6.45) is -11.3. The predicted octanol–water partition coefficient (Wildman–Crippen LogP) is 3.33. The van der Waals surface area contributed by atoms with E-state index in [0.717, 1.165) is 29.1 Å². The van der Waals surface area contributed by atoms with Crippen LogP contribution in [0.1, 0.15) is 29.2 Å². The van der Waals surface area contributed by atoms with Gasteiger partial charge in [0.05, 0.1) is 29.8 Å². The lowest BCUT2D eigenvalue weighted by atomic mass is 9.73. The Bertz CT molecular complexity index is 1000. The minimum atomic E-state index is -4.80. The number of carbonyl (C=O) groups excluding carboxylic acids is 1. The fourth-order valence-electron chi connectivity index (χ4n) is 4.38. The largest absolute Gasteiger partial charge is 0.435 e. The summed E-state index contributed by atoms with van der Waals surface area (Å²) >= 11 is 0. The van der Waals surface area contributed by atoms with Gasteiger partial charge in [0.15, 0.2) is 5.69 Å². The fraction of sp³-hybridized carbons (Fsp3) is 0.474. The summed E-state index contributed by atoms with van der Waals surface area (Å²) in [5.74, 6) is -3.10. The van der Waals surface area contributed by atoms with E-state index in [1.165, 1.54) is 13.1 Å². The Morgan fingerprint density at radius 3 is 2.58 bits per heavy atom. The van der Waals surface area contributed by atoms with Crippen LogP contribution in [0.3, 0.4) is 0 Å². The molecule has 0 aliphatic carbocycles. The number of hydrogen-bond donors (Lipinski definition) is 2. The van der Waals surface area contributed by atoms with Gasteiger partial charge in [-0.1, -0.05) is 6.07 Å². The topological polar surface area (TPSA) is 76.4 Å². The summed E-state index contributed by atoms with van der Waals surface area (Å²) in [5, 5.41) is 16.0. The molecule has 5 atom stereocenters. The molecule has 168 valence electrons. The molecule has 2 aliphatic heterocycles. The maximum Gasteiger partial charge on any atom is 0.435 e. The second-order valence-electron chi connectivity index (χ2n) is 7.67. The van der Waals surface area contributed by atoms with Gasteiger partial charge in [0.2, 0.25) is 5.91 Å². The molecular formula is C19H17F6N3O3. The Kier molecular flexibility index (Phi) is 5.04. The van der Waals surface area contributed by atoms with Crippen LogP contribution in [0.2, 0.25) is 0 Å². The molecule has 6 nitrogen and oxygen atoms in total. The molecule has 0 saturated carbocycles. The van der Waals surface area contributed by atoms with Crippen molar-refractivity contribution in [3.05, 3.63) is 47.3 Å². The number of alkyl halides is 6. The summed E-state index contributed by atoms with van der Waals surface area (Å²) in [7, 11) is 1.29. The second-order valence-corrected chi connectivity index (χ2v) is 7.67. The highest BCUT2D eigenvalue weighted by atomic mass is 19.4. The first-order chi connectivity index (χ1) is 14.4. The molecule has 2 aliphatic rings. The SMILES string of the molecule is Cn1cc([C@@H]2[C@@H]3O[C@@H](C[C@H]3O)[C@H]2C(=O)Nc2cccc(C(F)(F)F)c2)c(C(F)(F)F)n1. The summed E-state index contributed by atoms with van der Waals surface area (Å²) in [6.45, 7) is 0. The van der Waals surface area contributed by atoms with Crippen LogP contribution in [0.4, 0.5) is 32.0 Å². The zero-order valence-electron chi connectivity index (χ0n) is 15.9. The number of nitrogens with one attached hydrogen (secondary N) is 1. The maximum atomic E-state index is 13.5. The molecular weight excluding hydrogens is 432 g/mol. The third-order valence-corrected chi connectivity index (χ3v) is 5.57. The number of rotatable bonds is 3. The number of amides is 1. The van der Waals surface area contributed by atoms with E-state index in [1.807, 2.05) is 0 Å². The van der Waals surface area contributed by atoms with Crippen molar-refractivity contribution in [1.29, 1.82) is 0 Å². The first-order valence-electron chi connectivity index (χ1n) is 9.28. The number of benzene rings is 1. The average molecular weight is 449 g/mol. The van der Waals surface area contributed by atoms with Gasteiger partial charge >= 0.3 is 12.4 Å². The highest BCUT2D eigenvalue weighted by Gasteiger charge is 2.59. The number of aliphatic hydroxyl groups is 1. The van der Waals surface area contributed by atoms with E-state index in [9.17, 15) is 36.2 Å². The molecule has 1 amide bonds. The van der Waals surface area contributed by atoms with Crippen LogP contribution < -0.4 is 5.32 Å². The standard InChI is InChI=1S/C19H17F6N3O3/c1-28-7-10(16(27-28)19(23,24)25)13-14(12-6-11(29)15(13)31-12)17(30)26-9-4-2-3-8(5-9)18(20,21)22/h2-5,7,11-15,29H,6H2,1H3,(H,26,30)/t11-,12+,13+,14-,15-/m1/s1. The van der Waals surface area contributed by atoms with Crippen LogP contribution in [-0.4, -0.2) is 39.1 Å². The molecule has 2 saturated heterocycles. The second kappa shape index (κ2) is 7.23.